The fourth-order valence-corrected chi connectivity index (χ4v) is 2.34. The summed E-state index contributed by atoms with van der Waals surface area (Å²) in [4.78, 5) is 23.8. The van der Waals surface area contributed by atoms with E-state index >= 15 is 0 Å². The van der Waals surface area contributed by atoms with Crippen LogP contribution in [-0.2, 0) is 4.79 Å². The molecule has 0 atom stereocenters. The largest absolute Gasteiger partial charge is 0.507 e. The summed E-state index contributed by atoms with van der Waals surface area (Å²) >= 11 is 5.79. The molecule has 3 N–H and O–H groups in total. The van der Waals surface area contributed by atoms with Crippen LogP contribution in [0.25, 0.3) is 0 Å². The minimum absolute atomic E-state index is 0.000447. The van der Waals surface area contributed by atoms with Crippen LogP contribution in [0.1, 0.15) is 42.6 Å². The number of hydrazone groups is 1. The van der Waals surface area contributed by atoms with Crippen molar-refractivity contribution in [2.45, 2.75) is 26.7 Å². The Hall–Kier alpha value is -2.86. The predicted molar refractivity (Wildman–Crippen MR) is 103 cm³/mol. The van der Waals surface area contributed by atoms with E-state index in [0.29, 0.717) is 34.0 Å². The van der Waals surface area contributed by atoms with E-state index in [1.165, 1.54) is 6.07 Å². The molecule has 0 heterocycles. The number of hydrogen-bond donors (Lipinski definition) is 3. The Balaban J connectivity index is 2.13. The van der Waals surface area contributed by atoms with E-state index in [4.69, 9.17) is 11.6 Å². The Kier molecular flexibility index (Phi) is 6.74. The number of phenolic OH excluding ortho intramolecular Hbond substituents is 1. The monoisotopic (exact) mass is 373 g/mol. The lowest BCUT2D eigenvalue weighted by Gasteiger charge is -2.09. The van der Waals surface area contributed by atoms with E-state index < -0.39 is 5.91 Å². The number of nitrogens with one attached hydrogen (secondary N) is 2. The van der Waals surface area contributed by atoms with Gasteiger partial charge < -0.3 is 10.4 Å². The zero-order chi connectivity index (χ0) is 19.1. The fourth-order valence-electron chi connectivity index (χ4n) is 2.21. The van der Waals surface area contributed by atoms with E-state index in [-0.39, 0.29) is 11.7 Å². The third kappa shape index (κ3) is 5.32. The summed E-state index contributed by atoms with van der Waals surface area (Å²) in [5, 5.41) is 17.3. The molecule has 2 amide bonds. The van der Waals surface area contributed by atoms with Gasteiger partial charge in [0.05, 0.1) is 5.71 Å². The summed E-state index contributed by atoms with van der Waals surface area (Å²) < 4.78 is 0. The van der Waals surface area contributed by atoms with Gasteiger partial charge in [-0.1, -0.05) is 18.5 Å². The third-order valence-electron chi connectivity index (χ3n) is 3.58. The van der Waals surface area contributed by atoms with Gasteiger partial charge in [-0.15, -0.1) is 0 Å². The Morgan fingerprint density at radius 2 is 1.85 bits per heavy atom. The van der Waals surface area contributed by atoms with Crippen LogP contribution in [0, 0.1) is 0 Å². The van der Waals surface area contributed by atoms with Gasteiger partial charge in [0.2, 0.25) is 5.91 Å². The second-order valence-corrected chi connectivity index (χ2v) is 6.11. The number of halogens is 1. The first-order chi connectivity index (χ1) is 12.4. The van der Waals surface area contributed by atoms with E-state index in [1.54, 1.807) is 43.3 Å². The first-order valence-corrected chi connectivity index (χ1v) is 8.52. The third-order valence-corrected chi connectivity index (χ3v) is 3.83. The molecule has 0 aliphatic carbocycles. The van der Waals surface area contributed by atoms with Crippen LogP contribution in [0.4, 0.5) is 5.69 Å². The van der Waals surface area contributed by atoms with Crippen LogP contribution in [0.15, 0.2) is 47.6 Å². The van der Waals surface area contributed by atoms with Gasteiger partial charge >= 0.3 is 0 Å². The standard InChI is InChI=1S/C19H20ClN3O3/c1-3-4-18(25)21-15-9-10-17(24)16(11-15)12(2)22-23-19(26)13-5-7-14(20)8-6-13/h5-11,24H,3-4H2,1-2H3,(H,21,25)(H,23,26)/b22-12+. The molecule has 0 saturated heterocycles. The van der Waals surface area contributed by atoms with Gasteiger partial charge in [0.25, 0.3) is 5.91 Å². The maximum absolute atomic E-state index is 12.1. The molecule has 0 aliphatic heterocycles. The second-order valence-electron chi connectivity index (χ2n) is 5.68. The molecule has 26 heavy (non-hydrogen) atoms. The van der Waals surface area contributed by atoms with Crippen LogP contribution < -0.4 is 10.7 Å². The average Bonchev–Trinajstić information content (AvgIpc) is 2.61. The quantitative estimate of drug-likeness (QED) is 0.407. The summed E-state index contributed by atoms with van der Waals surface area (Å²) in [6.07, 6.45) is 1.16. The first-order valence-electron chi connectivity index (χ1n) is 8.14. The van der Waals surface area contributed by atoms with Crippen LogP contribution in [0.2, 0.25) is 5.02 Å². The SMILES string of the molecule is CCCC(=O)Nc1ccc(O)c(/C(C)=N/NC(=O)c2ccc(Cl)cc2)c1. The summed E-state index contributed by atoms with van der Waals surface area (Å²) in [5.41, 5.74) is 4.21. The molecule has 2 rings (SSSR count). The molecular formula is C19H20ClN3O3. The van der Waals surface area contributed by atoms with Gasteiger partial charge in [0.15, 0.2) is 0 Å². The lowest BCUT2D eigenvalue weighted by atomic mass is 10.1. The van der Waals surface area contributed by atoms with Crippen LogP contribution in [0.5, 0.6) is 5.75 Å². The van der Waals surface area contributed by atoms with Gasteiger partial charge in [-0.25, -0.2) is 5.43 Å². The number of aromatic hydroxyl groups is 1. The van der Waals surface area contributed by atoms with Gasteiger partial charge in [-0.2, -0.15) is 5.10 Å². The number of rotatable bonds is 6. The Morgan fingerprint density at radius 3 is 2.50 bits per heavy atom. The first kappa shape index (κ1) is 19.5. The van der Waals surface area contributed by atoms with Crippen molar-refractivity contribution >= 4 is 34.8 Å². The molecule has 0 radical (unpaired) electrons. The molecule has 0 aliphatic rings. The van der Waals surface area contributed by atoms with Crippen molar-refractivity contribution in [3.8, 4) is 5.75 Å². The van der Waals surface area contributed by atoms with Crippen molar-refractivity contribution in [1.29, 1.82) is 0 Å². The van der Waals surface area contributed by atoms with Crippen molar-refractivity contribution in [3.05, 3.63) is 58.6 Å². The van der Waals surface area contributed by atoms with Gasteiger partial charge in [0.1, 0.15) is 5.75 Å². The van der Waals surface area contributed by atoms with Crippen LogP contribution in [0.3, 0.4) is 0 Å². The summed E-state index contributed by atoms with van der Waals surface area (Å²) in [5.74, 6) is -0.497. The molecule has 0 bridgehead atoms. The highest BCUT2D eigenvalue weighted by Crippen LogP contribution is 2.22. The molecule has 0 saturated carbocycles. The smallest absolute Gasteiger partial charge is 0.271 e. The average molecular weight is 374 g/mol. The van der Waals surface area contributed by atoms with Crippen LogP contribution >= 0.6 is 11.6 Å². The summed E-state index contributed by atoms with van der Waals surface area (Å²) in [6, 6.07) is 11.1. The lowest BCUT2D eigenvalue weighted by Crippen LogP contribution is -2.19. The number of hydrogen-bond acceptors (Lipinski definition) is 4. The van der Waals surface area contributed by atoms with Crippen molar-refractivity contribution in [3.63, 3.8) is 0 Å². The molecule has 0 fully saturated rings. The summed E-state index contributed by atoms with van der Waals surface area (Å²) in [6.45, 7) is 3.57. The topological polar surface area (TPSA) is 90.8 Å². The van der Waals surface area contributed by atoms with E-state index in [9.17, 15) is 14.7 Å². The number of anilines is 1. The maximum atomic E-state index is 12.1. The van der Waals surface area contributed by atoms with E-state index in [2.05, 4.69) is 15.8 Å². The minimum Gasteiger partial charge on any atom is -0.507 e. The van der Waals surface area contributed by atoms with Gasteiger partial charge in [-0.05, 0) is 55.8 Å². The number of phenols is 1. The number of carbonyl (C=O) groups is 2. The normalized spacial score (nSPS) is 11.1. The molecule has 0 aromatic heterocycles. The molecule has 0 unspecified atom stereocenters. The van der Waals surface area contributed by atoms with Gasteiger partial charge in [-0.3, -0.25) is 9.59 Å². The molecular weight excluding hydrogens is 354 g/mol. The lowest BCUT2D eigenvalue weighted by molar-refractivity contribution is -0.116. The molecule has 136 valence electrons. The molecule has 2 aromatic rings. The summed E-state index contributed by atoms with van der Waals surface area (Å²) in [7, 11) is 0. The number of carbonyl (C=O) groups excluding carboxylic acids is 2. The molecule has 2 aromatic carbocycles. The van der Waals surface area contributed by atoms with E-state index in [0.717, 1.165) is 6.42 Å². The number of amides is 2. The predicted octanol–water partition coefficient (Wildman–Crippen LogP) is 3.94. The molecule has 0 spiro atoms. The van der Waals surface area contributed by atoms with Gasteiger partial charge in [0, 0.05) is 28.3 Å². The highest BCUT2D eigenvalue weighted by atomic mass is 35.5. The number of benzene rings is 2. The van der Waals surface area contributed by atoms with Crippen molar-refractivity contribution in [1.82, 2.24) is 5.43 Å². The zero-order valence-electron chi connectivity index (χ0n) is 14.5. The Morgan fingerprint density at radius 1 is 1.15 bits per heavy atom. The van der Waals surface area contributed by atoms with Crippen LogP contribution in [-0.4, -0.2) is 22.6 Å². The van der Waals surface area contributed by atoms with Crippen molar-refractivity contribution in [2.24, 2.45) is 5.10 Å². The van der Waals surface area contributed by atoms with Crippen molar-refractivity contribution < 1.29 is 14.7 Å². The van der Waals surface area contributed by atoms with E-state index in [1.807, 2.05) is 6.92 Å². The molecule has 6 nitrogen and oxygen atoms in total. The Labute approximate surface area is 156 Å². The Bertz CT molecular complexity index is 832. The zero-order valence-corrected chi connectivity index (χ0v) is 15.3. The highest BCUT2D eigenvalue weighted by molar-refractivity contribution is 6.30. The molecule has 7 heteroatoms. The van der Waals surface area contributed by atoms with Crippen molar-refractivity contribution in [2.75, 3.05) is 5.32 Å². The minimum atomic E-state index is -0.395. The second kappa shape index (κ2) is 9.01. The maximum Gasteiger partial charge on any atom is 0.271 e. The number of nitrogens with zero attached hydrogens (tertiary/aromatic N) is 1. The highest BCUT2D eigenvalue weighted by Gasteiger charge is 2.10. The fraction of sp³-hybridized carbons (Fsp3) is 0.211.